The standard InChI is InChI=1S/C22H25N5O4/c1-13-10-14(2)20(15(3)11-13)23-19(28)12-26(5)16(4)21-24-25-22(31-21)17-6-8-18(9-7-17)27(29)30/h6-11,16H,12H2,1-5H3,(H,23,28)/p+1/t16-/m1/s1. The van der Waals surface area contributed by atoms with Crippen LogP contribution in [-0.2, 0) is 4.79 Å². The normalized spacial score (nSPS) is 12.9. The maximum atomic E-state index is 12.6. The van der Waals surface area contributed by atoms with E-state index < -0.39 is 4.92 Å². The number of nitrogens with zero attached hydrogens (tertiary/aromatic N) is 3. The van der Waals surface area contributed by atoms with Gasteiger partial charge in [-0.15, -0.1) is 10.2 Å². The molecule has 0 saturated heterocycles. The highest BCUT2D eigenvalue weighted by Crippen LogP contribution is 2.23. The van der Waals surface area contributed by atoms with Gasteiger partial charge < -0.3 is 14.6 Å². The molecule has 1 aromatic heterocycles. The van der Waals surface area contributed by atoms with Crippen LogP contribution in [0.25, 0.3) is 11.5 Å². The molecule has 1 unspecified atom stereocenters. The summed E-state index contributed by atoms with van der Waals surface area (Å²) in [6.45, 7) is 8.11. The van der Waals surface area contributed by atoms with E-state index in [2.05, 4.69) is 15.5 Å². The van der Waals surface area contributed by atoms with Crippen molar-refractivity contribution < 1.29 is 19.0 Å². The van der Waals surface area contributed by atoms with Crippen molar-refractivity contribution in [2.75, 3.05) is 18.9 Å². The van der Waals surface area contributed by atoms with E-state index in [4.69, 9.17) is 4.42 Å². The van der Waals surface area contributed by atoms with Gasteiger partial charge in [-0.1, -0.05) is 17.7 Å². The number of anilines is 1. The third-order valence-electron chi connectivity index (χ3n) is 5.26. The number of nitro benzene ring substituents is 1. The first-order chi connectivity index (χ1) is 14.7. The second-order valence-electron chi connectivity index (χ2n) is 7.82. The molecule has 31 heavy (non-hydrogen) atoms. The van der Waals surface area contributed by atoms with Crippen LogP contribution in [0.2, 0.25) is 0 Å². The van der Waals surface area contributed by atoms with Crippen molar-refractivity contribution in [2.24, 2.45) is 0 Å². The molecule has 0 fully saturated rings. The molecule has 9 heteroatoms. The summed E-state index contributed by atoms with van der Waals surface area (Å²) < 4.78 is 5.76. The molecular formula is C22H26N5O4+. The van der Waals surface area contributed by atoms with E-state index in [9.17, 15) is 14.9 Å². The zero-order valence-corrected chi connectivity index (χ0v) is 18.2. The van der Waals surface area contributed by atoms with Gasteiger partial charge in [0.15, 0.2) is 12.6 Å². The first-order valence-corrected chi connectivity index (χ1v) is 9.94. The molecule has 0 aliphatic carbocycles. The highest BCUT2D eigenvalue weighted by Gasteiger charge is 2.25. The van der Waals surface area contributed by atoms with Gasteiger partial charge in [0.25, 0.3) is 17.5 Å². The number of rotatable bonds is 7. The predicted molar refractivity (Wildman–Crippen MR) is 116 cm³/mol. The fraction of sp³-hybridized carbons (Fsp3) is 0.318. The number of hydrogen-bond acceptors (Lipinski definition) is 6. The Hall–Kier alpha value is -3.59. The lowest BCUT2D eigenvalue weighted by atomic mass is 10.1. The monoisotopic (exact) mass is 424 g/mol. The minimum atomic E-state index is -0.464. The Balaban J connectivity index is 1.66. The fourth-order valence-electron chi connectivity index (χ4n) is 3.43. The lowest BCUT2D eigenvalue weighted by molar-refractivity contribution is -0.903. The first-order valence-electron chi connectivity index (χ1n) is 9.94. The zero-order valence-electron chi connectivity index (χ0n) is 18.2. The molecule has 0 aliphatic rings. The Morgan fingerprint density at radius 2 is 1.77 bits per heavy atom. The molecule has 3 rings (SSSR count). The van der Waals surface area contributed by atoms with Crippen LogP contribution in [0.15, 0.2) is 40.8 Å². The van der Waals surface area contributed by atoms with Gasteiger partial charge in [0, 0.05) is 23.4 Å². The van der Waals surface area contributed by atoms with Gasteiger partial charge in [0.05, 0.1) is 12.0 Å². The maximum absolute atomic E-state index is 12.6. The van der Waals surface area contributed by atoms with Crippen LogP contribution in [0.3, 0.4) is 0 Å². The van der Waals surface area contributed by atoms with Gasteiger partial charge in [-0.2, -0.15) is 0 Å². The number of quaternary nitrogens is 1. The van der Waals surface area contributed by atoms with Crippen molar-refractivity contribution in [1.29, 1.82) is 0 Å². The molecule has 1 heterocycles. The van der Waals surface area contributed by atoms with Gasteiger partial charge >= 0.3 is 0 Å². The second-order valence-corrected chi connectivity index (χ2v) is 7.82. The average molecular weight is 424 g/mol. The fourth-order valence-corrected chi connectivity index (χ4v) is 3.43. The largest absolute Gasteiger partial charge is 0.415 e. The highest BCUT2D eigenvalue weighted by atomic mass is 16.6. The van der Waals surface area contributed by atoms with Gasteiger partial charge in [-0.25, -0.2) is 0 Å². The molecule has 0 spiro atoms. The average Bonchev–Trinajstić information content (AvgIpc) is 3.20. The smallest absolute Gasteiger partial charge is 0.279 e. The Kier molecular flexibility index (Phi) is 6.45. The van der Waals surface area contributed by atoms with Crippen molar-refractivity contribution in [3.8, 4) is 11.5 Å². The molecule has 1 amide bonds. The van der Waals surface area contributed by atoms with Gasteiger partial charge in [0.2, 0.25) is 5.89 Å². The lowest BCUT2D eigenvalue weighted by Gasteiger charge is -2.19. The van der Waals surface area contributed by atoms with Crippen molar-refractivity contribution in [2.45, 2.75) is 33.7 Å². The number of carbonyl (C=O) groups is 1. The third-order valence-corrected chi connectivity index (χ3v) is 5.26. The van der Waals surface area contributed by atoms with E-state index in [0.29, 0.717) is 11.5 Å². The quantitative estimate of drug-likeness (QED) is 0.445. The van der Waals surface area contributed by atoms with Crippen LogP contribution in [0.5, 0.6) is 0 Å². The molecule has 2 aromatic carbocycles. The van der Waals surface area contributed by atoms with Crippen LogP contribution >= 0.6 is 0 Å². The Morgan fingerprint density at radius 1 is 1.16 bits per heavy atom. The van der Waals surface area contributed by atoms with Gasteiger partial charge in [-0.05, 0) is 51.0 Å². The molecule has 0 aliphatic heterocycles. The molecule has 0 saturated carbocycles. The first kappa shape index (κ1) is 22.1. The Labute approximate surface area is 180 Å². The number of nitrogens with one attached hydrogen (secondary N) is 2. The molecule has 162 valence electrons. The summed E-state index contributed by atoms with van der Waals surface area (Å²) >= 11 is 0. The van der Waals surface area contributed by atoms with Crippen molar-refractivity contribution in [3.05, 3.63) is 69.1 Å². The van der Waals surface area contributed by atoms with E-state index >= 15 is 0 Å². The third kappa shape index (κ3) is 5.13. The Bertz CT molecular complexity index is 1080. The maximum Gasteiger partial charge on any atom is 0.279 e. The number of carbonyl (C=O) groups excluding carboxylic acids is 1. The van der Waals surface area contributed by atoms with Gasteiger partial charge in [0.1, 0.15) is 0 Å². The van der Waals surface area contributed by atoms with Crippen molar-refractivity contribution in [3.63, 3.8) is 0 Å². The van der Waals surface area contributed by atoms with Crippen molar-refractivity contribution in [1.82, 2.24) is 10.2 Å². The minimum absolute atomic E-state index is 0.00824. The molecule has 2 atom stereocenters. The lowest BCUT2D eigenvalue weighted by Crippen LogP contribution is -3.10. The SMILES string of the molecule is Cc1cc(C)c(NC(=O)C[NH+](C)[C@H](C)c2nnc(-c3ccc([N+](=O)[O-])cc3)o2)c(C)c1. The molecular weight excluding hydrogens is 398 g/mol. The molecule has 2 N–H and O–H groups in total. The molecule has 0 bridgehead atoms. The number of likely N-dealkylation sites (N-methyl/N-ethyl adjacent to an activating group) is 1. The summed E-state index contributed by atoms with van der Waals surface area (Å²) in [7, 11) is 1.88. The number of non-ortho nitro benzene ring substituents is 1. The summed E-state index contributed by atoms with van der Waals surface area (Å²) in [6, 6.07) is 9.77. The Morgan fingerprint density at radius 3 is 2.35 bits per heavy atom. The molecule has 0 radical (unpaired) electrons. The van der Waals surface area contributed by atoms with Crippen LogP contribution in [0.4, 0.5) is 11.4 Å². The zero-order chi connectivity index (χ0) is 22.7. The summed E-state index contributed by atoms with van der Waals surface area (Å²) in [5.41, 5.74) is 4.64. The van der Waals surface area contributed by atoms with E-state index in [1.165, 1.54) is 12.1 Å². The molecule has 3 aromatic rings. The van der Waals surface area contributed by atoms with E-state index in [-0.39, 0.29) is 30.1 Å². The summed E-state index contributed by atoms with van der Waals surface area (Å²) in [5, 5.41) is 21.9. The van der Waals surface area contributed by atoms with Crippen LogP contribution < -0.4 is 10.2 Å². The number of benzene rings is 2. The van der Waals surface area contributed by atoms with Gasteiger partial charge in [-0.3, -0.25) is 14.9 Å². The number of aromatic nitrogens is 2. The second kappa shape index (κ2) is 9.05. The number of hydrogen-bond donors (Lipinski definition) is 2. The topological polar surface area (TPSA) is 116 Å². The van der Waals surface area contributed by atoms with Crippen LogP contribution in [-0.4, -0.2) is 34.6 Å². The predicted octanol–water partition coefficient (Wildman–Crippen LogP) is 2.78. The minimum Gasteiger partial charge on any atom is -0.415 e. The van der Waals surface area contributed by atoms with E-state index in [0.717, 1.165) is 27.3 Å². The van der Waals surface area contributed by atoms with Crippen molar-refractivity contribution >= 4 is 17.3 Å². The van der Waals surface area contributed by atoms with E-state index in [1.54, 1.807) is 12.1 Å². The van der Waals surface area contributed by atoms with E-state index in [1.807, 2.05) is 46.9 Å². The highest BCUT2D eigenvalue weighted by molar-refractivity contribution is 5.93. The molecule has 9 nitrogen and oxygen atoms in total. The number of aryl methyl sites for hydroxylation is 3. The summed E-state index contributed by atoms with van der Waals surface area (Å²) in [5.74, 6) is 0.566. The van der Waals surface area contributed by atoms with Crippen LogP contribution in [0, 0.1) is 30.9 Å². The summed E-state index contributed by atoms with van der Waals surface area (Å²) in [6.07, 6.45) is 0. The number of amides is 1. The number of nitro groups is 1. The van der Waals surface area contributed by atoms with Crippen LogP contribution in [0.1, 0.15) is 35.5 Å². The summed E-state index contributed by atoms with van der Waals surface area (Å²) in [4.78, 5) is 23.8.